The largest absolute Gasteiger partial charge is 0.243 e. The first-order chi connectivity index (χ1) is 5.90. The van der Waals surface area contributed by atoms with E-state index in [2.05, 4.69) is 21.9 Å². The highest BCUT2D eigenvalue weighted by atomic mass is 32.2. The minimum Gasteiger partial charge on any atom is -0.243 e. The van der Waals surface area contributed by atoms with E-state index < -0.39 is 0 Å². The first kappa shape index (κ1) is 7.61. The van der Waals surface area contributed by atoms with Crippen LogP contribution in [0.5, 0.6) is 0 Å². The predicted octanol–water partition coefficient (Wildman–Crippen LogP) is 2.33. The lowest BCUT2D eigenvalue weighted by atomic mass is 10.3. The van der Waals surface area contributed by atoms with Gasteiger partial charge in [-0.15, -0.1) is 11.8 Å². The van der Waals surface area contributed by atoms with Crippen molar-refractivity contribution < 1.29 is 4.63 Å². The molecule has 0 aliphatic heterocycles. The van der Waals surface area contributed by atoms with Crippen molar-refractivity contribution >= 4 is 22.8 Å². The van der Waals surface area contributed by atoms with Gasteiger partial charge < -0.3 is 0 Å². The van der Waals surface area contributed by atoms with Crippen LogP contribution in [0.2, 0.25) is 0 Å². The molecule has 0 amide bonds. The average Bonchev–Trinajstić information content (AvgIpc) is 2.51. The van der Waals surface area contributed by atoms with Crippen molar-refractivity contribution in [3.63, 3.8) is 0 Å². The van der Waals surface area contributed by atoms with Crippen LogP contribution in [-0.4, -0.2) is 16.1 Å². The summed E-state index contributed by atoms with van der Waals surface area (Å²) in [5.41, 5.74) is 1.64. The number of rotatable bonds is 2. The molecule has 0 aliphatic rings. The van der Waals surface area contributed by atoms with Gasteiger partial charge in [0.2, 0.25) is 0 Å². The molecular weight excluding hydrogens is 172 g/mol. The Morgan fingerprint density at radius 2 is 2.17 bits per heavy atom. The zero-order valence-electron chi connectivity index (χ0n) is 6.65. The van der Waals surface area contributed by atoms with E-state index in [0.29, 0.717) is 0 Å². The lowest BCUT2D eigenvalue weighted by molar-refractivity contribution is 0.315. The summed E-state index contributed by atoms with van der Waals surface area (Å²) in [5.74, 6) is 1.07. The molecule has 2 rings (SSSR count). The minimum atomic E-state index is 0.815. The molecule has 0 saturated heterocycles. The lowest BCUT2D eigenvalue weighted by Gasteiger charge is -1.94. The molecule has 0 fully saturated rings. The quantitative estimate of drug-likeness (QED) is 0.665. The molecule has 1 heterocycles. The standard InChI is InChI=1S/C8H8N2OS/c1-2-12-6-3-4-7-8(5-6)10-11-9-7/h3-5H,2H2,1H3. The molecule has 0 aliphatic carbocycles. The molecule has 4 heteroatoms. The fourth-order valence-electron chi connectivity index (χ4n) is 1.02. The molecule has 0 atom stereocenters. The molecule has 0 unspecified atom stereocenters. The fourth-order valence-corrected chi connectivity index (χ4v) is 1.71. The van der Waals surface area contributed by atoms with Crippen LogP contribution in [0.25, 0.3) is 11.0 Å². The Hall–Kier alpha value is -1.03. The van der Waals surface area contributed by atoms with Crippen LogP contribution in [0.4, 0.5) is 0 Å². The van der Waals surface area contributed by atoms with E-state index in [1.165, 1.54) is 4.90 Å². The third-order valence-corrected chi connectivity index (χ3v) is 2.41. The van der Waals surface area contributed by atoms with Gasteiger partial charge in [0.05, 0.1) is 0 Å². The predicted molar refractivity (Wildman–Crippen MR) is 48.2 cm³/mol. The van der Waals surface area contributed by atoms with Gasteiger partial charge in [0.25, 0.3) is 0 Å². The highest BCUT2D eigenvalue weighted by Crippen LogP contribution is 2.20. The van der Waals surface area contributed by atoms with Gasteiger partial charge in [-0.2, -0.15) is 0 Å². The van der Waals surface area contributed by atoms with E-state index in [9.17, 15) is 0 Å². The van der Waals surface area contributed by atoms with Crippen LogP contribution in [-0.2, 0) is 0 Å². The Bertz CT molecular complexity index is 385. The SMILES string of the molecule is CCSc1ccc2nonc2c1. The van der Waals surface area contributed by atoms with Gasteiger partial charge in [0.1, 0.15) is 11.0 Å². The summed E-state index contributed by atoms with van der Waals surface area (Å²) in [4.78, 5) is 1.21. The molecule has 0 saturated carbocycles. The maximum atomic E-state index is 4.59. The summed E-state index contributed by atoms with van der Waals surface area (Å²) in [6, 6.07) is 5.94. The van der Waals surface area contributed by atoms with Crippen molar-refractivity contribution in [2.75, 3.05) is 5.75 Å². The Balaban J connectivity index is 2.46. The summed E-state index contributed by atoms with van der Waals surface area (Å²) in [6.45, 7) is 2.12. The number of fused-ring (bicyclic) bond motifs is 1. The molecule has 3 nitrogen and oxygen atoms in total. The smallest absolute Gasteiger partial charge is 0.136 e. The minimum absolute atomic E-state index is 0.815. The Morgan fingerprint density at radius 1 is 1.33 bits per heavy atom. The van der Waals surface area contributed by atoms with Gasteiger partial charge in [-0.1, -0.05) is 6.92 Å². The third-order valence-electron chi connectivity index (χ3n) is 1.54. The van der Waals surface area contributed by atoms with Crippen molar-refractivity contribution in [1.29, 1.82) is 0 Å². The maximum Gasteiger partial charge on any atom is 0.136 e. The Kier molecular flexibility index (Phi) is 1.99. The second-order valence-corrected chi connectivity index (χ2v) is 3.69. The molecule has 0 spiro atoms. The van der Waals surface area contributed by atoms with Crippen molar-refractivity contribution in [2.24, 2.45) is 0 Å². The third kappa shape index (κ3) is 1.30. The van der Waals surface area contributed by atoms with Crippen molar-refractivity contribution in [2.45, 2.75) is 11.8 Å². The molecule has 0 N–H and O–H groups in total. The normalized spacial score (nSPS) is 10.8. The number of nitrogens with zero attached hydrogens (tertiary/aromatic N) is 2. The molecule has 2 aromatic rings. The maximum absolute atomic E-state index is 4.59. The highest BCUT2D eigenvalue weighted by Gasteiger charge is 2.00. The Morgan fingerprint density at radius 3 is 3.00 bits per heavy atom. The van der Waals surface area contributed by atoms with Gasteiger partial charge in [-0.05, 0) is 34.3 Å². The summed E-state index contributed by atoms with van der Waals surface area (Å²) in [6.07, 6.45) is 0. The van der Waals surface area contributed by atoms with Crippen LogP contribution in [0, 0.1) is 0 Å². The van der Waals surface area contributed by atoms with Gasteiger partial charge in [0, 0.05) is 4.90 Å². The number of hydrogen-bond acceptors (Lipinski definition) is 4. The van der Waals surface area contributed by atoms with Gasteiger partial charge in [0.15, 0.2) is 0 Å². The van der Waals surface area contributed by atoms with Gasteiger partial charge in [-0.25, -0.2) is 4.63 Å². The summed E-state index contributed by atoms with van der Waals surface area (Å²) >= 11 is 1.78. The number of benzene rings is 1. The van der Waals surface area contributed by atoms with E-state index in [-0.39, 0.29) is 0 Å². The molecule has 0 bridgehead atoms. The zero-order valence-corrected chi connectivity index (χ0v) is 7.47. The van der Waals surface area contributed by atoms with E-state index in [1.807, 2.05) is 18.2 Å². The molecule has 0 radical (unpaired) electrons. The van der Waals surface area contributed by atoms with E-state index >= 15 is 0 Å². The monoisotopic (exact) mass is 180 g/mol. The first-order valence-corrected chi connectivity index (χ1v) is 4.74. The van der Waals surface area contributed by atoms with Crippen LogP contribution in [0.15, 0.2) is 27.7 Å². The second-order valence-electron chi connectivity index (χ2n) is 2.35. The fraction of sp³-hybridized carbons (Fsp3) is 0.250. The summed E-state index contributed by atoms with van der Waals surface area (Å²) in [5, 5.41) is 7.49. The van der Waals surface area contributed by atoms with E-state index in [1.54, 1.807) is 11.8 Å². The van der Waals surface area contributed by atoms with Crippen molar-refractivity contribution in [1.82, 2.24) is 10.3 Å². The molecule has 62 valence electrons. The van der Waals surface area contributed by atoms with Crippen LogP contribution < -0.4 is 0 Å². The van der Waals surface area contributed by atoms with E-state index in [0.717, 1.165) is 16.8 Å². The second kappa shape index (κ2) is 3.15. The number of aromatic nitrogens is 2. The highest BCUT2D eigenvalue weighted by molar-refractivity contribution is 7.99. The first-order valence-electron chi connectivity index (χ1n) is 3.75. The Labute approximate surface area is 74.1 Å². The molecule has 1 aromatic heterocycles. The average molecular weight is 180 g/mol. The topological polar surface area (TPSA) is 38.9 Å². The van der Waals surface area contributed by atoms with Crippen LogP contribution in [0.3, 0.4) is 0 Å². The number of thioether (sulfide) groups is 1. The lowest BCUT2D eigenvalue weighted by Crippen LogP contribution is -1.73. The van der Waals surface area contributed by atoms with E-state index in [4.69, 9.17) is 0 Å². The van der Waals surface area contributed by atoms with Crippen LogP contribution >= 0.6 is 11.8 Å². The van der Waals surface area contributed by atoms with Crippen molar-refractivity contribution in [3.05, 3.63) is 18.2 Å². The summed E-state index contributed by atoms with van der Waals surface area (Å²) in [7, 11) is 0. The molecule has 12 heavy (non-hydrogen) atoms. The molecule has 1 aromatic carbocycles. The van der Waals surface area contributed by atoms with Crippen LogP contribution in [0.1, 0.15) is 6.92 Å². The van der Waals surface area contributed by atoms with Gasteiger partial charge in [-0.3, -0.25) is 0 Å². The molecular formula is C8H8N2OS. The number of hydrogen-bond donors (Lipinski definition) is 0. The van der Waals surface area contributed by atoms with Crippen molar-refractivity contribution in [3.8, 4) is 0 Å². The summed E-state index contributed by atoms with van der Waals surface area (Å²) < 4.78 is 4.59. The van der Waals surface area contributed by atoms with Gasteiger partial charge >= 0.3 is 0 Å². The zero-order chi connectivity index (χ0) is 8.39.